The van der Waals surface area contributed by atoms with E-state index in [1.807, 2.05) is 4.90 Å². The number of imidazole rings is 1. The van der Waals surface area contributed by atoms with Crippen LogP contribution in [0.25, 0.3) is 33.5 Å². The molecule has 0 saturated carbocycles. The van der Waals surface area contributed by atoms with Gasteiger partial charge in [0.15, 0.2) is 11.6 Å². The van der Waals surface area contributed by atoms with Crippen molar-refractivity contribution in [3.8, 4) is 22.5 Å². The predicted molar refractivity (Wildman–Crippen MR) is 120 cm³/mol. The number of hydrogen-bond acceptors (Lipinski definition) is 5. The zero-order chi connectivity index (χ0) is 24.1. The van der Waals surface area contributed by atoms with Crippen LogP contribution in [0.1, 0.15) is 12.1 Å². The maximum atomic E-state index is 14.1. The first-order valence-electron chi connectivity index (χ1n) is 10.7. The Morgan fingerprint density at radius 1 is 1.06 bits per heavy atom. The van der Waals surface area contributed by atoms with E-state index in [1.165, 1.54) is 18.3 Å². The number of benzene rings is 2. The van der Waals surface area contributed by atoms with Gasteiger partial charge in [0.05, 0.1) is 34.1 Å². The molecule has 176 valence electrons. The van der Waals surface area contributed by atoms with Crippen LogP contribution in [0, 0.1) is 30.2 Å². The Labute approximate surface area is 192 Å². The van der Waals surface area contributed by atoms with Crippen LogP contribution in [0.2, 0.25) is 0 Å². The Balaban J connectivity index is 1.77. The Kier molecular flexibility index (Phi) is 5.49. The van der Waals surface area contributed by atoms with E-state index in [0.717, 1.165) is 18.2 Å². The second kappa shape index (κ2) is 8.37. The second-order valence-electron chi connectivity index (χ2n) is 8.47. The number of fused-ring (bicyclic) bond motifs is 1. The van der Waals surface area contributed by atoms with Gasteiger partial charge in [-0.15, -0.1) is 0 Å². The van der Waals surface area contributed by atoms with Crippen molar-refractivity contribution in [2.75, 3.05) is 18.0 Å². The minimum Gasteiger partial charge on any atom is -0.390 e. The first-order valence-corrected chi connectivity index (χ1v) is 10.7. The maximum Gasteiger partial charge on any atom is 0.161 e. The molecule has 1 aliphatic heterocycles. The van der Waals surface area contributed by atoms with Crippen LogP contribution >= 0.6 is 0 Å². The van der Waals surface area contributed by atoms with Crippen LogP contribution in [0.15, 0.2) is 36.5 Å². The fourth-order valence-electron chi connectivity index (χ4n) is 4.40. The van der Waals surface area contributed by atoms with Gasteiger partial charge in [-0.25, -0.2) is 22.5 Å². The highest BCUT2D eigenvalue weighted by Gasteiger charge is 2.30. The van der Waals surface area contributed by atoms with E-state index in [-0.39, 0.29) is 29.0 Å². The summed E-state index contributed by atoms with van der Waals surface area (Å²) >= 11 is 0. The molecule has 1 saturated heterocycles. The lowest BCUT2D eigenvalue weighted by Gasteiger charge is -2.37. The number of nitrogens with one attached hydrogen (secondary N) is 1. The highest BCUT2D eigenvalue weighted by atomic mass is 19.2. The van der Waals surface area contributed by atoms with E-state index < -0.39 is 35.4 Å². The molecule has 0 aliphatic carbocycles. The zero-order valence-electron chi connectivity index (χ0n) is 18.1. The van der Waals surface area contributed by atoms with Crippen LogP contribution in [0.5, 0.6) is 0 Å². The molecule has 2 aromatic heterocycles. The smallest absolute Gasteiger partial charge is 0.161 e. The fourth-order valence-corrected chi connectivity index (χ4v) is 4.40. The topological polar surface area (TPSA) is 91.1 Å². The summed E-state index contributed by atoms with van der Waals surface area (Å²) in [7, 11) is 0. The van der Waals surface area contributed by atoms with Gasteiger partial charge in [0.25, 0.3) is 0 Å². The van der Waals surface area contributed by atoms with Crippen LogP contribution < -0.4 is 10.6 Å². The van der Waals surface area contributed by atoms with Crippen molar-refractivity contribution in [3.63, 3.8) is 0 Å². The monoisotopic (exact) mass is 471 g/mol. The molecule has 0 amide bonds. The maximum absolute atomic E-state index is 14.1. The molecule has 5 rings (SSSR count). The number of halogens is 4. The van der Waals surface area contributed by atoms with Crippen molar-refractivity contribution in [1.29, 1.82) is 0 Å². The highest BCUT2D eigenvalue weighted by molar-refractivity contribution is 5.92. The SMILES string of the molecule is Cc1ncc(-c2cc(F)cc(F)c2)c(N2CC[C@@H](N)[C@@H](O)C2)c1-c1nc2cc(F)c(F)cc2[nH]1. The van der Waals surface area contributed by atoms with Crippen molar-refractivity contribution in [1.82, 2.24) is 15.0 Å². The second-order valence-corrected chi connectivity index (χ2v) is 8.47. The number of hydrogen-bond donors (Lipinski definition) is 3. The van der Waals surface area contributed by atoms with Gasteiger partial charge < -0.3 is 20.7 Å². The largest absolute Gasteiger partial charge is 0.390 e. The van der Waals surface area contributed by atoms with E-state index in [0.29, 0.717) is 35.5 Å². The molecule has 10 heteroatoms. The average Bonchev–Trinajstić information content (AvgIpc) is 3.17. The summed E-state index contributed by atoms with van der Waals surface area (Å²) in [4.78, 5) is 13.7. The van der Waals surface area contributed by atoms with Gasteiger partial charge in [0.2, 0.25) is 0 Å². The molecule has 1 aliphatic rings. The standard InChI is InChI=1S/C24H21F4N5O/c1-11-22(24-31-19-7-16(27)17(28)8-20(19)32-24)23(33-3-2-18(29)21(34)10-33)15(9-30-11)12-4-13(25)6-14(26)5-12/h4-9,18,21,34H,2-3,10,29H2,1H3,(H,31,32)/t18-,21+/m1/s1. The van der Waals surface area contributed by atoms with Crippen molar-refractivity contribution in [2.45, 2.75) is 25.5 Å². The molecular formula is C24H21F4N5O. The number of aliphatic hydroxyl groups is 1. The normalized spacial score (nSPS) is 18.6. The number of pyridine rings is 1. The summed E-state index contributed by atoms with van der Waals surface area (Å²) in [5.41, 5.74) is 8.69. The van der Waals surface area contributed by atoms with E-state index in [2.05, 4.69) is 15.0 Å². The third-order valence-electron chi connectivity index (χ3n) is 6.13. The highest BCUT2D eigenvalue weighted by Crippen LogP contribution is 2.41. The van der Waals surface area contributed by atoms with Crippen molar-refractivity contribution < 1.29 is 22.7 Å². The molecular weight excluding hydrogens is 450 g/mol. The fraction of sp³-hybridized carbons (Fsp3) is 0.250. The summed E-state index contributed by atoms with van der Waals surface area (Å²) in [6, 6.07) is 4.75. The van der Waals surface area contributed by atoms with Crippen molar-refractivity contribution in [3.05, 3.63) is 65.5 Å². The molecule has 0 bridgehead atoms. The van der Waals surface area contributed by atoms with E-state index in [1.54, 1.807) is 6.92 Å². The number of aliphatic hydroxyl groups excluding tert-OH is 1. The number of rotatable bonds is 3. The third-order valence-corrected chi connectivity index (χ3v) is 6.13. The number of H-pyrrole nitrogens is 1. The van der Waals surface area contributed by atoms with E-state index in [4.69, 9.17) is 5.73 Å². The van der Waals surface area contributed by atoms with Gasteiger partial charge in [0, 0.05) is 49.1 Å². The number of piperidine rings is 1. The molecule has 6 nitrogen and oxygen atoms in total. The predicted octanol–water partition coefficient (Wildman–Crippen LogP) is 4.06. The number of anilines is 1. The Morgan fingerprint density at radius 3 is 2.47 bits per heavy atom. The Morgan fingerprint density at radius 2 is 1.76 bits per heavy atom. The summed E-state index contributed by atoms with van der Waals surface area (Å²) in [6.45, 7) is 2.37. The van der Waals surface area contributed by atoms with Gasteiger partial charge in [-0.05, 0) is 31.0 Å². The summed E-state index contributed by atoms with van der Waals surface area (Å²) in [5, 5.41) is 10.5. The molecule has 2 atom stereocenters. The molecule has 3 heterocycles. The van der Waals surface area contributed by atoms with Crippen LogP contribution in [-0.4, -0.2) is 45.3 Å². The molecule has 0 spiro atoms. The molecule has 4 aromatic rings. The molecule has 1 fully saturated rings. The van der Waals surface area contributed by atoms with Crippen molar-refractivity contribution >= 4 is 16.7 Å². The number of aromatic amines is 1. The Hall–Kier alpha value is -3.50. The van der Waals surface area contributed by atoms with E-state index >= 15 is 0 Å². The van der Waals surface area contributed by atoms with Gasteiger partial charge in [-0.1, -0.05) is 0 Å². The first-order chi connectivity index (χ1) is 16.2. The van der Waals surface area contributed by atoms with Gasteiger partial charge in [-0.2, -0.15) is 0 Å². The van der Waals surface area contributed by atoms with Crippen molar-refractivity contribution in [2.24, 2.45) is 5.73 Å². The quantitative estimate of drug-likeness (QED) is 0.392. The lowest BCUT2D eigenvalue weighted by atomic mass is 9.96. The number of nitrogens with two attached hydrogens (primary N) is 1. The summed E-state index contributed by atoms with van der Waals surface area (Å²) < 4.78 is 55.8. The molecule has 2 aromatic carbocycles. The summed E-state index contributed by atoms with van der Waals surface area (Å²) in [5.74, 6) is -3.27. The molecule has 4 N–H and O–H groups in total. The molecule has 0 unspecified atom stereocenters. The Bertz CT molecular complexity index is 1350. The van der Waals surface area contributed by atoms with Gasteiger partial charge in [-0.3, -0.25) is 4.98 Å². The number of aryl methyl sites for hydroxylation is 1. The number of aromatic nitrogens is 3. The first kappa shape index (κ1) is 22.3. The lowest BCUT2D eigenvalue weighted by Crippen LogP contribution is -2.51. The van der Waals surface area contributed by atoms with E-state index in [9.17, 15) is 22.7 Å². The number of nitrogens with zero attached hydrogens (tertiary/aromatic N) is 3. The zero-order valence-corrected chi connectivity index (χ0v) is 18.1. The average molecular weight is 471 g/mol. The lowest BCUT2D eigenvalue weighted by molar-refractivity contribution is 0.132. The van der Waals surface area contributed by atoms with Crippen LogP contribution in [0.4, 0.5) is 23.2 Å². The minimum atomic E-state index is -1.03. The third kappa shape index (κ3) is 3.88. The number of β-amino-alcohol motifs (C(OH)–C–C–N with tert-alkyl or cyclic N) is 1. The van der Waals surface area contributed by atoms with Crippen LogP contribution in [0.3, 0.4) is 0 Å². The molecule has 34 heavy (non-hydrogen) atoms. The van der Waals surface area contributed by atoms with Crippen LogP contribution in [-0.2, 0) is 0 Å². The molecule has 0 radical (unpaired) electrons. The van der Waals surface area contributed by atoms with Gasteiger partial charge in [0.1, 0.15) is 17.5 Å². The minimum absolute atomic E-state index is 0.173. The summed E-state index contributed by atoms with van der Waals surface area (Å²) in [6.07, 6.45) is 1.16. The van der Waals surface area contributed by atoms with Gasteiger partial charge >= 0.3 is 0 Å².